The molecule has 0 radical (unpaired) electrons. The molecule has 0 spiro atoms. The van der Waals surface area contributed by atoms with E-state index in [0.29, 0.717) is 0 Å². The van der Waals surface area contributed by atoms with Gasteiger partial charge in [0.1, 0.15) is 6.61 Å². The van der Waals surface area contributed by atoms with Crippen molar-refractivity contribution in [3.05, 3.63) is 0 Å². The topological polar surface area (TPSA) is 38.3 Å². The molecule has 0 aromatic heterocycles. The summed E-state index contributed by atoms with van der Waals surface area (Å²) < 4.78 is 4.70. The molecule has 0 bridgehead atoms. The van der Waals surface area contributed by atoms with E-state index in [2.05, 4.69) is 17.2 Å². The minimum atomic E-state index is -0.0498. The molecule has 0 saturated heterocycles. The molecule has 1 aliphatic carbocycles. The van der Waals surface area contributed by atoms with Gasteiger partial charge in [-0.2, -0.15) is 0 Å². The smallest absolute Gasteiger partial charge is 0.246 e. The summed E-state index contributed by atoms with van der Waals surface area (Å²) in [7, 11) is 1.51. The standard InChI is InChI=1S/C9H13NO2/c1-12-7-9(11)10-8-5-3-2-4-6-8/h8H,3,5-7H2,1H3,(H,10,11)/t8-/m0/s1. The zero-order valence-electron chi connectivity index (χ0n) is 7.22. The van der Waals surface area contributed by atoms with Gasteiger partial charge in [-0.15, -0.1) is 11.8 Å². The molecule has 3 nitrogen and oxygen atoms in total. The first-order chi connectivity index (χ1) is 5.83. The van der Waals surface area contributed by atoms with Crippen LogP contribution in [0, 0.1) is 11.8 Å². The highest BCUT2D eigenvalue weighted by Gasteiger charge is 2.11. The highest BCUT2D eigenvalue weighted by molar-refractivity contribution is 5.77. The molecular formula is C9H13NO2. The van der Waals surface area contributed by atoms with Gasteiger partial charge in [0.25, 0.3) is 0 Å². The van der Waals surface area contributed by atoms with E-state index in [1.165, 1.54) is 7.11 Å². The predicted molar refractivity (Wildman–Crippen MR) is 45.4 cm³/mol. The third-order valence-corrected chi connectivity index (χ3v) is 1.73. The highest BCUT2D eigenvalue weighted by atomic mass is 16.5. The summed E-state index contributed by atoms with van der Waals surface area (Å²) in [6.07, 6.45) is 2.62. The fraction of sp³-hybridized carbons (Fsp3) is 0.667. The quantitative estimate of drug-likeness (QED) is 0.614. The maximum atomic E-state index is 11.0. The predicted octanol–water partition coefficient (Wildman–Crippen LogP) is 0.305. The average molecular weight is 167 g/mol. The van der Waals surface area contributed by atoms with Crippen molar-refractivity contribution in [3.8, 4) is 11.8 Å². The molecule has 0 saturated carbocycles. The van der Waals surface area contributed by atoms with Crippen LogP contribution in [0.5, 0.6) is 0 Å². The second-order valence-electron chi connectivity index (χ2n) is 2.79. The summed E-state index contributed by atoms with van der Waals surface area (Å²) in [6, 6.07) is 0.230. The summed E-state index contributed by atoms with van der Waals surface area (Å²) in [5.74, 6) is 5.91. The van der Waals surface area contributed by atoms with Crippen molar-refractivity contribution < 1.29 is 9.53 Å². The van der Waals surface area contributed by atoms with Crippen LogP contribution in [0.3, 0.4) is 0 Å². The summed E-state index contributed by atoms with van der Waals surface area (Å²) in [5, 5.41) is 2.85. The SMILES string of the molecule is COCC(=O)N[C@@H]1CC#CCC1. The maximum absolute atomic E-state index is 11.0. The van der Waals surface area contributed by atoms with E-state index in [1.807, 2.05) is 0 Å². The number of nitrogens with one attached hydrogen (secondary N) is 1. The summed E-state index contributed by atoms with van der Waals surface area (Å²) in [5.41, 5.74) is 0. The van der Waals surface area contributed by atoms with E-state index in [9.17, 15) is 4.79 Å². The van der Waals surface area contributed by atoms with Gasteiger partial charge < -0.3 is 10.1 Å². The van der Waals surface area contributed by atoms with Gasteiger partial charge in [0.2, 0.25) is 5.91 Å². The molecule has 0 aromatic carbocycles. The van der Waals surface area contributed by atoms with Crippen molar-refractivity contribution in [2.45, 2.75) is 25.3 Å². The lowest BCUT2D eigenvalue weighted by atomic mass is 10.0. The van der Waals surface area contributed by atoms with E-state index in [4.69, 9.17) is 4.74 Å². The number of methoxy groups -OCH3 is 1. The van der Waals surface area contributed by atoms with E-state index in [1.54, 1.807) is 0 Å². The van der Waals surface area contributed by atoms with Gasteiger partial charge in [0.15, 0.2) is 0 Å². The van der Waals surface area contributed by atoms with Crippen LogP contribution in [-0.4, -0.2) is 25.7 Å². The minimum Gasteiger partial charge on any atom is -0.375 e. The van der Waals surface area contributed by atoms with Crippen molar-refractivity contribution in [2.24, 2.45) is 0 Å². The van der Waals surface area contributed by atoms with Crippen LogP contribution in [0.25, 0.3) is 0 Å². The zero-order chi connectivity index (χ0) is 8.81. The normalized spacial score (nSPS) is 20.9. The Morgan fingerprint density at radius 2 is 2.50 bits per heavy atom. The van der Waals surface area contributed by atoms with Crippen molar-refractivity contribution in [2.75, 3.05) is 13.7 Å². The van der Waals surface area contributed by atoms with E-state index < -0.39 is 0 Å². The van der Waals surface area contributed by atoms with Crippen LogP contribution >= 0.6 is 0 Å². The number of carbonyl (C=O) groups excluding carboxylic acids is 1. The molecular weight excluding hydrogens is 154 g/mol. The van der Waals surface area contributed by atoms with E-state index in [-0.39, 0.29) is 18.6 Å². The third-order valence-electron chi connectivity index (χ3n) is 1.73. The second-order valence-corrected chi connectivity index (χ2v) is 2.79. The summed E-state index contributed by atoms with van der Waals surface area (Å²) in [6.45, 7) is 0.143. The zero-order valence-corrected chi connectivity index (χ0v) is 7.22. The molecule has 1 N–H and O–H groups in total. The lowest BCUT2D eigenvalue weighted by Gasteiger charge is -2.16. The number of carbonyl (C=O) groups is 1. The molecule has 1 aliphatic rings. The number of hydrogen-bond acceptors (Lipinski definition) is 2. The van der Waals surface area contributed by atoms with Crippen molar-refractivity contribution in [3.63, 3.8) is 0 Å². The van der Waals surface area contributed by atoms with Crippen LogP contribution in [-0.2, 0) is 9.53 Å². The van der Waals surface area contributed by atoms with Crippen LogP contribution in [0.15, 0.2) is 0 Å². The Hall–Kier alpha value is -1.01. The van der Waals surface area contributed by atoms with Gasteiger partial charge in [-0.1, -0.05) is 0 Å². The first kappa shape index (κ1) is 9.08. The Balaban J connectivity index is 2.23. The van der Waals surface area contributed by atoms with Gasteiger partial charge >= 0.3 is 0 Å². The molecule has 0 aromatic rings. The maximum Gasteiger partial charge on any atom is 0.246 e. The van der Waals surface area contributed by atoms with Crippen LogP contribution in [0.2, 0.25) is 0 Å². The largest absolute Gasteiger partial charge is 0.375 e. The van der Waals surface area contributed by atoms with Gasteiger partial charge in [-0.25, -0.2) is 0 Å². The fourth-order valence-electron chi connectivity index (χ4n) is 1.16. The van der Waals surface area contributed by atoms with Crippen LogP contribution in [0.1, 0.15) is 19.3 Å². The van der Waals surface area contributed by atoms with E-state index >= 15 is 0 Å². The number of amides is 1. The molecule has 1 amide bonds. The first-order valence-electron chi connectivity index (χ1n) is 4.07. The Bertz CT molecular complexity index is 214. The Morgan fingerprint density at radius 1 is 1.67 bits per heavy atom. The molecule has 1 rings (SSSR count). The average Bonchev–Trinajstić information content (AvgIpc) is 2.06. The second kappa shape index (κ2) is 4.78. The Kier molecular flexibility index (Phi) is 3.62. The summed E-state index contributed by atoms with van der Waals surface area (Å²) in [4.78, 5) is 11.0. The first-order valence-corrected chi connectivity index (χ1v) is 4.07. The highest BCUT2D eigenvalue weighted by Crippen LogP contribution is 2.04. The monoisotopic (exact) mass is 167 g/mol. The van der Waals surface area contributed by atoms with Crippen LogP contribution < -0.4 is 5.32 Å². The van der Waals surface area contributed by atoms with Crippen molar-refractivity contribution in [1.29, 1.82) is 0 Å². The third kappa shape index (κ3) is 2.93. The number of rotatable bonds is 3. The van der Waals surface area contributed by atoms with Gasteiger partial charge in [0, 0.05) is 26.0 Å². The summed E-state index contributed by atoms with van der Waals surface area (Å²) >= 11 is 0. The van der Waals surface area contributed by atoms with Crippen LogP contribution in [0.4, 0.5) is 0 Å². The Morgan fingerprint density at radius 3 is 3.08 bits per heavy atom. The fourth-order valence-corrected chi connectivity index (χ4v) is 1.16. The molecule has 0 heterocycles. The van der Waals surface area contributed by atoms with Gasteiger partial charge in [0.05, 0.1) is 0 Å². The molecule has 0 aliphatic heterocycles. The van der Waals surface area contributed by atoms with Crippen molar-refractivity contribution >= 4 is 5.91 Å². The molecule has 0 fully saturated rings. The molecule has 66 valence electrons. The van der Waals surface area contributed by atoms with Gasteiger partial charge in [-0.3, -0.25) is 4.79 Å². The molecule has 3 heteroatoms. The molecule has 1 atom stereocenters. The van der Waals surface area contributed by atoms with Crippen molar-refractivity contribution in [1.82, 2.24) is 5.32 Å². The number of ether oxygens (including phenoxy) is 1. The minimum absolute atomic E-state index is 0.0498. The molecule has 0 unspecified atom stereocenters. The molecule has 12 heavy (non-hydrogen) atoms. The number of hydrogen-bond donors (Lipinski definition) is 1. The lowest BCUT2D eigenvalue weighted by molar-refractivity contribution is -0.125. The van der Waals surface area contributed by atoms with Gasteiger partial charge in [-0.05, 0) is 6.42 Å². The Labute approximate surface area is 72.5 Å². The lowest BCUT2D eigenvalue weighted by Crippen LogP contribution is -2.37. The van der Waals surface area contributed by atoms with E-state index in [0.717, 1.165) is 19.3 Å².